The molecule has 0 aromatic heterocycles. The fourth-order valence-electron chi connectivity index (χ4n) is 3.69. The van der Waals surface area contributed by atoms with Crippen LogP contribution in [0.1, 0.15) is 36.5 Å². The Morgan fingerprint density at radius 3 is 2.52 bits per heavy atom. The highest BCUT2D eigenvalue weighted by molar-refractivity contribution is 6.04. The summed E-state index contributed by atoms with van der Waals surface area (Å²) in [6, 6.07) is 14.6. The number of rotatable bonds is 2. The van der Waals surface area contributed by atoms with Crippen LogP contribution in [0, 0.1) is 0 Å². The smallest absolute Gasteiger partial charge is 0.249 e. The molecule has 118 valence electrons. The van der Waals surface area contributed by atoms with Crippen LogP contribution in [-0.2, 0) is 24.2 Å². The molecule has 3 nitrogen and oxygen atoms in total. The highest BCUT2D eigenvalue weighted by Crippen LogP contribution is 2.37. The summed E-state index contributed by atoms with van der Waals surface area (Å²) in [6.45, 7) is 2.58. The summed E-state index contributed by atoms with van der Waals surface area (Å²) >= 11 is 0. The molecule has 0 radical (unpaired) electrons. The molecule has 1 aliphatic heterocycles. The third-order valence-corrected chi connectivity index (χ3v) is 4.94. The van der Waals surface area contributed by atoms with Gasteiger partial charge in [-0.25, -0.2) is 0 Å². The lowest BCUT2D eigenvalue weighted by atomic mass is 9.89. The normalized spacial score (nSPS) is 19.8. The average molecular weight is 306 g/mol. The zero-order chi connectivity index (χ0) is 15.8. The number of carbonyl (C=O) groups is 1. The van der Waals surface area contributed by atoms with E-state index in [-0.39, 0.29) is 11.9 Å². The lowest BCUT2D eigenvalue weighted by molar-refractivity contribution is -0.119. The molecular weight excluding hydrogens is 284 g/mol. The summed E-state index contributed by atoms with van der Waals surface area (Å²) in [6.07, 6.45) is 4.81. The van der Waals surface area contributed by atoms with Crippen molar-refractivity contribution in [2.24, 2.45) is 0 Å². The van der Waals surface area contributed by atoms with Gasteiger partial charge in [-0.05, 0) is 61.4 Å². The largest absolute Gasteiger partial charge is 0.372 e. The monoisotopic (exact) mass is 306 g/mol. The molecule has 0 fully saturated rings. The molecule has 3 heteroatoms. The number of hydrogen-bond acceptors (Lipinski definition) is 2. The van der Waals surface area contributed by atoms with Gasteiger partial charge in [0.25, 0.3) is 0 Å². The maximum absolute atomic E-state index is 12.7. The number of amides is 1. The molecule has 1 atom stereocenters. The van der Waals surface area contributed by atoms with Crippen LogP contribution in [0.4, 0.5) is 11.4 Å². The number of hydrogen-bond donors (Lipinski definition) is 1. The van der Waals surface area contributed by atoms with Gasteiger partial charge in [0.1, 0.15) is 6.04 Å². The Labute approximate surface area is 137 Å². The van der Waals surface area contributed by atoms with Crippen LogP contribution in [0.25, 0.3) is 0 Å². The van der Waals surface area contributed by atoms with Crippen LogP contribution < -0.4 is 10.2 Å². The highest BCUT2D eigenvalue weighted by atomic mass is 16.2. The maximum Gasteiger partial charge on any atom is 0.249 e. The maximum atomic E-state index is 12.7. The highest BCUT2D eigenvalue weighted by Gasteiger charge is 2.30. The van der Waals surface area contributed by atoms with Crippen LogP contribution in [0.5, 0.6) is 0 Å². The summed E-state index contributed by atoms with van der Waals surface area (Å²) in [7, 11) is 0. The first kappa shape index (κ1) is 14.3. The van der Waals surface area contributed by atoms with E-state index in [1.165, 1.54) is 29.5 Å². The zero-order valence-electron chi connectivity index (χ0n) is 13.5. The third-order valence-electron chi connectivity index (χ3n) is 4.94. The van der Waals surface area contributed by atoms with Crippen LogP contribution in [0.2, 0.25) is 0 Å². The molecule has 0 bridgehead atoms. The van der Waals surface area contributed by atoms with E-state index in [9.17, 15) is 4.79 Å². The molecule has 2 aromatic carbocycles. The lowest BCUT2D eigenvalue weighted by Gasteiger charge is -2.35. The van der Waals surface area contributed by atoms with Gasteiger partial charge in [-0.3, -0.25) is 4.79 Å². The van der Waals surface area contributed by atoms with E-state index < -0.39 is 0 Å². The number of fused-ring (bicyclic) bond motifs is 2. The van der Waals surface area contributed by atoms with E-state index in [0.717, 1.165) is 24.2 Å². The summed E-state index contributed by atoms with van der Waals surface area (Å²) in [5.74, 6) is 0.150. The van der Waals surface area contributed by atoms with Crippen molar-refractivity contribution < 1.29 is 4.79 Å². The fraction of sp³-hybridized carbons (Fsp3) is 0.350. The van der Waals surface area contributed by atoms with Gasteiger partial charge in [0.15, 0.2) is 0 Å². The first-order chi connectivity index (χ1) is 11.2. The van der Waals surface area contributed by atoms with E-state index in [0.29, 0.717) is 6.54 Å². The van der Waals surface area contributed by atoms with Gasteiger partial charge in [0.2, 0.25) is 5.91 Å². The van der Waals surface area contributed by atoms with Crippen LogP contribution in [0.15, 0.2) is 42.5 Å². The number of anilines is 2. The summed E-state index contributed by atoms with van der Waals surface area (Å²) in [4.78, 5) is 14.7. The minimum Gasteiger partial charge on any atom is -0.372 e. The summed E-state index contributed by atoms with van der Waals surface area (Å²) in [5, 5.41) is 3.38. The first-order valence-corrected chi connectivity index (χ1v) is 8.50. The number of aryl methyl sites for hydroxylation is 2. The van der Waals surface area contributed by atoms with Gasteiger partial charge in [0.05, 0.1) is 17.9 Å². The minimum atomic E-state index is -0.173. The predicted octanol–water partition coefficient (Wildman–Crippen LogP) is 3.91. The number of nitrogens with zero attached hydrogens (tertiary/aromatic N) is 1. The van der Waals surface area contributed by atoms with E-state index in [1.54, 1.807) is 0 Å². The molecule has 1 N–H and O–H groups in total. The van der Waals surface area contributed by atoms with Crippen LogP contribution >= 0.6 is 0 Å². The van der Waals surface area contributed by atoms with E-state index in [2.05, 4.69) is 29.6 Å². The molecule has 2 aromatic rings. The molecule has 2 aliphatic rings. The molecule has 0 spiro atoms. The summed E-state index contributed by atoms with van der Waals surface area (Å²) in [5.41, 5.74) is 6.17. The van der Waals surface area contributed by atoms with Gasteiger partial charge in [-0.2, -0.15) is 0 Å². The van der Waals surface area contributed by atoms with Crippen molar-refractivity contribution in [3.05, 3.63) is 59.2 Å². The van der Waals surface area contributed by atoms with Crippen LogP contribution in [-0.4, -0.2) is 11.9 Å². The number of benzene rings is 2. The standard InChI is InChI=1S/C20H22N2O/c1-14-20(23)22(13-15-7-3-2-4-8-15)19-12-17-10-6-5-9-16(17)11-18(19)21-14/h2-4,7-8,11-12,14,21H,5-6,9-10,13H2,1H3. The quantitative estimate of drug-likeness (QED) is 0.912. The molecule has 1 aliphatic carbocycles. The average Bonchev–Trinajstić information content (AvgIpc) is 2.58. The van der Waals surface area contributed by atoms with Crippen molar-refractivity contribution >= 4 is 17.3 Å². The fourth-order valence-corrected chi connectivity index (χ4v) is 3.69. The summed E-state index contributed by atoms with van der Waals surface area (Å²) < 4.78 is 0. The Balaban J connectivity index is 1.75. The topological polar surface area (TPSA) is 32.3 Å². The van der Waals surface area contributed by atoms with Gasteiger partial charge in [-0.1, -0.05) is 30.3 Å². The zero-order valence-corrected chi connectivity index (χ0v) is 13.5. The van der Waals surface area contributed by atoms with Crippen molar-refractivity contribution in [1.82, 2.24) is 0 Å². The molecule has 4 rings (SSSR count). The van der Waals surface area contributed by atoms with Gasteiger partial charge in [0, 0.05) is 0 Å². The Bertz CT molecular complexity index is 739. The van der Waals surface area contributed by atoms with Gasteiger partial charge >= 0.3 is 0 Å². The number of nitrogens with one attached hydrogen (secondary N) is 1. The van der Waals surface area contributed by atoms with E-state index >= 15 is 0 Å². The second-order valence-electron chi connectivity index (χ2n) is 6.62. The van der Waals surface area contributed by atoms with Crippen molar-refractivity contribution in [3.63, 3.8) is 0 Å². The Morgan fingerprint density at radius 1 is 1.09 bits per heavy atom. The molecule has 1 unspecified atom stereocenters. The number of carbonyl (C=O) groups excluding carboxylic acids is 1. The molecule has 23 heavy (non-hydrogen) atoms. The lowest BCUT2D eigenvalue weighted by Crippen LogP contribution is -2.45. The van der Waals surface area contributed by atoms with Crippen molar-refractivity contribution in [2.45, 2.75) is 45.2 Å². The molecule has 0 saturated carbocycles. The predicted molar refractivity (Wildman–Crippen MR) is 93.8 cm³/mol. The Morgan fingerprint density at radius 2 is 1.78 bits per heavy atom. The van der Waals surface area contributed by atoms with Gasteiger partial charge in [-0.15, -0.1) is 0 Å². The SMILES string of the molecule is CC1Nc2cc3c(cc2N(Cc2ccccc2)C1=O)CCCC3. The van der Waals surface area contributed by atoms with Gasteiger partial charge < -0.3 is 10.2 Å². The van der Waals surface area contributed by atoms with Crippen LogP contribution in [0.3, 0.4) is 0 Å². The van der Waals surface area contributed by atoms with E-state index in [1.807, 2.05) is 30.0 Å². The van der Waals surface area contributed by atoms with Crippen molar-refractivity contribution in [3.8, 4) is 0 Å². The molecule has 0 saturated heterocycles. The van der Waals surface area contributed by atoms with E-state index in [4.69, 9.17) is 0 Å². The molecule has 1 heterocycles. The second-order valence-corrected chi connectivity index (χ2v) is 6.62. The van der Waals surface area contributed by atoms with Crippen molar-refractivity contribution in [2.75, 3.05) is 10.2 Å². The minimum absolute atomic E-state index is 0.150. The Kier molecular flexibility index (Phi) is 3.56. The first-order valence-electron chi connectivity index (χ1n) is 8.50. The second kappa shape index (κ2) is 5.73. The molecule has 1 amide bonds. The van der Waals surface area contributed by atoms with Crippen molar-refractivity contribution in [1.29, 1.82) is 0 Å². The Hall–Kier alpha value is -2.29. The third kappa shape index (κ3) is 2.61. The molecular formula is C20H22N2O.